The molecule has 2 heterocycles. The van der Waals surface area contributed by atoms with Crippen LogP contribution in [0.3, 0.4) is 0 Å². The van der Waals surface area contributed by atoms with Gasteiger partial charge < -0.3 is 9.47 Å². The lowest BCUT2D eigenvalue weighted by atomic mass is 9.52. The fourth-order valence-electron chi connectivity index (χ4n) is 4.60. The zero-order chi connectivity index (χ0) is 20.9. The van der Waals surface area contributed by atoms with Crippen molar-refractivity contribution in [2.24, 2.45) is 10.8 Å². The number of benzene rings is 2. The van der Waals surface area contributed by atoms with Gasteiger partial charge in [0.2, 0.25) is 17.1 Å². The Kier molecular flexibility index (Phi) is 3.94. The third-order valence-electron chi connectivity index (χ3n) is 5.80. The fourth-order valence-corrected chi connectivity index (χ4v) is 4.60. The molecule has 2 aromatic rings. The van der Waals surface area contributed by atoms with E-state index in [1.165, 1.54) is 18.2 Å². The highest BCUT2D eigenvalue weighted by Gasteiger charge is 2.79. The van der Waals surface area contributed by atoms with E-state index in [-0.39, 0.29) is 5.56 Å². The van der Waals surface area contributed by atoms with Crippen molar-refractivity contribution >= 4 is 5.90 Å². The molecule has 4 atom stereocenters. The summed E-state index contributed by atoms with van der Waals surface area (Å²) in [6.07, 6.45) is -1.29. The van der Waals surface area contributed by atoms with Crippen molar-refractivity contribution < 1.29 is 13.9 Å². The molecule has 0 aliphatic carbocycles. The standard InChI is InChI=1S/C22H15FN4O2/c1-20-17(14-6-3-2-4-7-14)22(13-26,19(27)29-20)21(11-24,12-25)18(28-20)15-8-5-9-16(23)10-15/h2-10,17-18,27H,1H3/t17-,18-,20+,22+/m0/s1. The van der Waals surface area contributed by atoms with Crippen LogP contribution in [0.2, 0.25) is 0 Å². The monoisotopic (exact) mass is 386 g/mol. The van der Waals surface area contributed by atoms with Crippen molar-refractivity contribution in [3.8, 4) is 18.2 Å². The van der Waals surface area contributed by atoms with Gasteiger partial charge in [0.25, 0.3) is 0 Å². The second-order valence-corrected chi connectivity index (χ2v) is 7.30. The average Bonchev–Trinajstić information content (AvgIpc) is 2.91. The summed E-state index contributed by atoms with van der Waals surface area (Å²) in [6.45, 7) is 1.57. The third kappa shape index (κ3) is 2.18. The maximum Gasteiger partial charge on any atom is 0.218 e. The van der Waals surface area contributed by atoms with Crippen LogP contribution in [0.25, 0.3) is 0 Å². The van der Waals surface area contributed by atoms with E-state index in [1.807, 2.05) is 12.1 Å². The first-order valence-electron chi connectivity index (χ1n) is 8.88. The summed E-state index contributed by atoms with van der Waals surface area (Å²) in [7, 11) is 0. The quantitative estimate of drug-likeness (QED) is 0.839. The molecule has 7 heteroatoms. The van der Waals surface area contributed by atoms with Crippen LogP contribution in [0, 0.1) is 56.0 Å². The first kappa shape index (κ1) is 18.6. The number of nitrogens with one attached hydrogen (secondary N) is 1. The molecule has 0 saturated carbocycles. The maximum atomic E-state index is 13.9. The third-order valence-corrected chi connectivity index (χ3v) is 5.80. The van der Waals surface area contributed by atoms with Gasteiger partial charge in [-0.15, -0.1) is 0 Å². The summed E-state index contributed by atoms with van der Waals surface area (Å²) in [6, 6.07) is 20.1. The normalized spacial score (nSPS) is 31.8. The lowest BCUT2D eigenvalue weighted by Crippen LogP contribution is -2.57. The molecule has 0 amide bonds. The largest absolute Gasteiger partial charge is 0.447 e. The molecule has 0 aromatic heterocycles. The van der Waals surface area contributed by atoms with Crippen LogP contribution in [0.4, 0.5) is 4.39 Å². The van der Waals surface area contributed by atoms with Crippen LogP contribution in [-0.2, 0) is 9.47 Å². The minimum atomic E-state index is -2.14. The minimum absolute atomic E-state index is 0.226. The van der Waals surface area contributed by atoms with E-state index in [9.17, 15) is 20.2 Å². The predicted molar refractivity (Wildman–Crippen MR) is 98.3 cm³/mol. The second kappa shape index (κ2) is 6.14. The van der Waals surface area contributed by atoms with Crippen LogP contribution in [0.1, 0.15) is 30.1 Å². The Morgan fingerprint density at radius 3 is 2.21 bits per heavy atom. The summed E-state index contributed by atoms with van der Waals surface area (Å²) in [5, 5.41) is 39.1. The van der Waals surface area contributed by atoms with E-state index >= 15 is 0 Å². The zero-order valence-electron chi connectivity index (χ0n) is 15.4. The highest BCUT2D eigenvalue weighted by Crippen LogP contribution is 2.69. The van der Waals surface area contributed by atoms with E-state index in [2.05, 4.69) is 6.07 Å². The number of nitriles is 3. The van der Waals surface area contributed by atoms with Crippen LogP contribution in [0.15, 0.2) is 54.6 Å². The highest BCUT2D eigenvalue weighted by atomic mass is 19.1. The molecule has 0 radical (unpaired) electrons. The Balaban J connectivity index is 2.05. The fraction of sp³-hybridized carbons (Fsp3) is 0.273. The smallest absolute Gasteiger partial charge is 0.218 e. The van der Waals surface area contributed by atoms with Gasteiger partial charge in [-0.1, -0.05) is 42.5 Å². The SMILES string of the molecule is C[C@@]12OC(=N)[C@@](C#N)([C@H]1c1ccccc1)C(C#N)(C#N)[C@H](c1cccc(F)c1)O2. The molecule has 29 heavy (non-hydrogen) atoms. The van der Waals surface area contributed by atoms with Crippen molar-refractivity contribution in [1.82, 2.24) is 0 Å². The summed E-state index contributed by atoms with van der Waals surface area (Å²) in [5.74, 6) is -3.47. The number of hydrogen-bond donors (Lipinski definition) is 1. The van der Waals surface area contributed by atoms with Gasteiger partial charge in [0.1, 0.15) is 11.9 Å². The molecule has 2 fully saturated rings. The van der Waals surface area contributed by atoms with E-state index in [0.29, 0.717) is 5.56 Å². The Morgan fingerprint density at radius 2 is 1.62 bits per heavy atom. The van der Waals surface area contributed by atoms with Gasteiger partial charge in [0, 0.05) is 6.92 Å². The van der Waals surface area contributed by atoms with E-state index in [4.69, 9.17) is 14.9 Å². The zero-order valence-corrected chi connectivity index (χ0v) is 15.4. The van der Waals surface area contributed by atoms with Crippen LogP contribution in [-0.4, -0.2) is 11.7 Å². The highest BCUT2D eigenvalue weighted by molar-refractivity contribution is 5.90. The number of ether oxygens (including phenoxy) is 2. The molecule has 1 N–H and O–H groups in total. The van der Waals surface area contributed by atoms with Crippen LogP contribution < -0.4 is 0 Å². The Morgan fingerprint density at radius 1 is 0.966 bits per heavy atom. The van der Waals surface area contributed by atoms with Gasteiger partial charge in [-0.2, -0.15) is 15.8 Å². The molecule has 4 rings (SSSR count). The number of fused-ring (bicyclic) bond motifs is 2. The van der Waals surface area contributed by atoms with Crippen molar-refractivity contribution in [2.45, 2.75) is 24.7 Å². The van der Waals surface area contributed by atoms with Crippen LogP contribution >= 0.6 is 0 Å². The minimum Gasteiger partial charge on any atom is -0.447 e. The lowest BCUT2D eigenvalue weighted by Gasteiger charge is -2.48. The van der Waals surface area contributed by atoms with Crippen molar-refractivity contribution in [3.05, 3.63) is 71.5 Å². The van der Waals surface area contributed by atoms with Gasteiger partial charge >= 0.3 is 0 Å². The Hall–Kier alpha value is -3.73. The van der Waals surface area contributed by atoms with Gasteiger partial charge in [-0.25, -0.2) is 4.39 Å². The first-order chi connectivity index (χ1) is 13.9. The molecular weight excluding hydrogens is 371 g/mol. The molecular formula is C22H15FN4O2. The molecule has 2 bridgehead atoms. The number of halogens is 1. The van der Waals surface area contributed by atoms with E-state index < -0.39 is 40.4 Å². The molecule has 2 aromatic carbocycles. The van der Waals surface area contributed by atoms with Gasteiger partial charge in [0.05, 0.1) is 24.1 Å². The lowest BCUT2D eigenvalue weighted by molar-refractivity contribution is -0.253. The first-order valence-corrected chi connectivity index (χ1v) is 8.88. The summed E-state index contributed by atoms with van der Waals surface area (Å²) < 4.78 is 25.8. The van der Waals surface area contributed by atoms with Crippen molar-refractivity contribution in [1.29, 1.82) is 21.2 Å². The molecule has 6 nitrogen and oxygen atoms in total. The molecule has 2 saturated heterocycles. The molecule has 0 spiro atoms. The van der Waals surface area contributed by atoms with E-state index in [0.717, 1.165) is 6.07 Å². The molecule has 142 valence electrons. The van der Waals surface area contributed by atoms with Gasteiger partial charge in [0.15, 0.2) is 5.41 Å². The maximum absolute atomic E-state index is 13.9. The summed E-state index contributed by atoms with van der Waals surface area (Å²) in [5.41, 5.74) is -3.25. The topological polar surface area (TPSA) is 114 Å². The van der Waals surface area contributed by atoms with Gasteiger partial charge in [-0.05, 0) is 23.3 Å². The molecule has 2 aliphatic rings. The summed E-state index contributed by atoms with van der Waals surface area (Å²) in [4.78, 5) is 0. The summed E-state index contributed by atoms with van der Waals surface area (Å²) >= 11 is 0. The molecule has 0 unspecified atom stereocenters. The van der Waals surface area contributed by atoms with Crippen molar-refractivity contribution in [3.63, 3.8) is 0 Å². The number of hydrogen-bond acceptors (Lipinski definition) is 6. The predicted octanol–water partition coefficient (Wildman–Crippen LogP) is 3.95. The van der Waals surface area contributed by atoms with Crippen molar-refractivity contribution in [2.75, 3.05) is 0 Å². The number of nitrogens with zero attached hydrogens (tertiary/aromatic N) is 3. The number of rotatable bonds is 2. The van der Waals surface area contributed by atoms with E-state index in [1.54, 1.807) is 37.3 Å². The average molecular weight is 386 g/mol. The molecule has 2 aliphatic heterocycles. The second-order valence-electron chi connectivity index (χ2n) is 7.30. The van der Waals surface area contributed by atoms with Gasteiger partial charge in [-0.3, -0.25) is 5.41 Å². The Bertz CT molecular complexity index is 1120. The van der Waals surface area contributed by atoms with Crippen LogP contribution in [0.5, 0.6) is 0 Å². The Labute approximate surface area is 166 Å².